The van der Waals surface area contributed by atoms with Crippen molar-refractivity contribution in [1.82, 2.24) is 0 Å². The van der Waals surface area contributed by atoms with Crippen LogP contribution >= 0.6 is 0 Å². The lowest BCUT2D eigenvalue weighted by atomic mass is 9.30. The van der Waals surface area contributed by atoms with Gasteiger partial charge >= 0.3 is 0 Å². The molecule has 2 spiro atoms. The lowest BCUT2D eigenvalue weighted by Crippen LogP contribution is -2.80. The molecule has 0 saturated heterocycles. The van der Waals surface area contributed by atoms with Crippen molar-refractivity contribution in [2.24, 2.45) is 28.6 Å². The van der Waals surface area contributed by atoms with E-state index in [1.807, 2.05) is 20.1 Å². The Morgan fingerprint density at radius 1 is 1.15 bits per heavy atom. The normalized spacial score (nSPS) is 43.8. The topological polar surface area (TPSA) is 71.7 Å². The monoisotopic (exact) mass is 451 g/mol. The van der Waals surface area contributed by atoms with Crippen LogP contribution < -0.4 is 9.47 Å². The summed E-state index contributed by atoms with van der Waals surface area (Å²) in [7, 11) is 3.52. The average molecular weight is 452 g/mol. The van der Waals surface area contributed by atoms with Crippen LogP contribution in [-0.4, -0.2) is 36.6 Å². The number of benzene rings is 1. The zero-order chi connectivity index (χ0) is 23.6. The van der Waals surface area contributed by atoms with Crippen molar-refractivity contribution in [2.45, 2.75) is 88.9 Å². The Bertz CT molecular complexity index is 1070. The molecule has 4 bridgehead atoms. The number of ether oxygens (including phenoxy) is 3. The second kappa shape index (κ2) is 6.26. The Hall–Kier alpha value is -1.77. The van der Waals surface area contributed by atoms with Crippen LogP contribution in [0.3, 0.4) is 0 Å². The number of nitrogens with zero attached hydrogens (tertiary/aromatic N) is 1. The molecule has 1 heterocycles. The number of hydrogen-bond donors (Lipinski definition) is 1. The van der Waals surface area contributed by atoms with Crippen LogP contribution in [0.1, 0.15) is 70.9 Å². The summed E-state index contributed by atoms with van der Waals surface area (Å²) in [6.07, 6.45) is 5.33. The van der Waals surface area contributed by atoms with Gasteiger partial charge in [-0.2, -0.15) is 5.26 Å². The maximum Gasteiger partial charge on any atom is 0.165 e. The molecule has 5 heteroatoms. The number of fused-ring (bicyclic) bond motifs is 2. The van der Waals surface area contributed by atoms with Crippen molar-refractivity contribution in [3.63, 3.8) is 0 Å². The van der Waals surface area contributed by atoms with Gasteiger partial charge in [0.1, 0.15) is 11.7 Å². The minimum atomic E-state index is -0.947. The molecule has 178 valence electrons. The average Bonchev–Trinajstić information content (AvgIpc) is 3.15. The fourth-order valence-corrected chi connectivity index (χ4v) is 9.29. The molecule has 6 aliphatic rings. The van der Waals surface area contributed by atoms with Gasteiger partial charge in [0.05, 0.1) is 24.7 Å². The van der Waals surface area contributed by atoms with Crippen LogP contribution in [0.15, 0.2) is 12.1 Å². The first-order chi connectivity index (χ1) is 15.5. The summed E-state index contributed by atoms with van der Waals surface area (Å²) < 4.78 is 19.3. The van der Waals surface area contributed by atoms with Crippen LogP contribution in [0.25, 0.3) is 0 Å². The van der Waals surface area contributed by atoms with Crippen LogP contribution in [0, 0.1) is 39.9 Å². The quantitative estimate of drug-likeness (QED) is 0.716. The van der Waals surface area contributed by atoms with E-state index < -0.39 is 11.2 Å². The van der Waals surface area contributed by atoms with Gasteiger partial charge in [0.2, 0.25) is 0 Å². The summed E-state index contributed by atoms with van der Waals surface area (Å²) in [5.41, 5.74) is 0.550. The third kappa shape index (κ3) is 2.13. The van der Waals surface area contributed by atoms with Crippen molar-refractivity contribution in [3.05, 3.63) is 23.3 Å². The van der Waals surface area contributed by atoms with Gasteiger partial charge in [0, 0.05) is 24.0 Å². The van der Waals surface area contributed by atoms with Crippen LogP contribution in [0.4, 0.5) is 0 Å². The summed E-state index contributed by atoms with van der Waals surface area (Å²) >= 11 is 0. The molecule has 1 aromatic rings. The summed E-state index contributed by atoms with van der Waals surface area (Å²) in [5, 5.41) is 22.3. The number of aliphatic hydroxyl groups is 1. The van der Waals surface area contributed by atoms with Gasteiger partial charge in [-0.3, -0.25) is 0 Å². The molecule has 8 unspecified atom stereocenters. The maximum absolute atomic E-state index is 12.1. The first kappa shape index (κ1) is 21.7. The second-order valence-electron chi connectivity index (χ2n) is 12.7. The van der Waals surface area contributed by atoms with E-state index in [1.54, 1.807) is 7.11 Å². The van der Waals surface area contributed by atoms with E-state index in [1.165, 1.54) is 11.1 Å². The van der Waals surface area contributed by atoms with E-state index in [0.29, 0.717) is 0 Å². The number of hydrogen-bond acceptors (Lipinski definition) is 5. The Morgan fingerprint density at radius 2 is 1.91 bits per heavy atom. The molecule has 33 heavy (non-hydrogen) atoms. The van der Waals surface area contributed by atoms with Crippen molar-refractivity contribution < 1.29 is 19.3 Å². The largest absolute Gasteiger partial charge is 0.493 e. The first-order valence-electron chi connectivity index (χ1n) is 12.6. The van der Waals surface area contributed by atoms with Gasteiger partial charge in [0.25, 0.3) is 0 Å². The summed E-state index contributed by atoms with van der Waals surface area (Å²) in [5.74, 6) is 1.92. The zero-order valence-electron chi connectivity index (χ0n) is 20.8. The molecular weight excluding hydrogens is 414 g/mol. The first-order valence-corrected chi connectivity index (χ1v) is 12.6. The SMILES string of the molecule is COc1ccc2c3c1OC1C4(OC)CCC5(CC4C(C)(O)C(C)(C)C)C(C2)C(C#N)CCC315. The van der Waals surface area contributed by atoms with E-state index in [4.69, 9.17) is 14.2 Å². The Labute approximate surface area is 197 Å². The lowest BCUT2D eigenvalue weighted by molar-refractivity contribution is -0.312. The highest BCUT2D eigenvalue weighted by Gasteiger charge is 2.82. The molecule has 0 radical (unpaired) electrons. The third-order valence-electron chi connectivity index (χ3n) is 11.2. The van der Waals surface area contributed by atoms with Crippen LogP contribution in [0.5, 0.6) is 11.5 Å². The van der Waals surface area contributed by atoms with E-state index in [9.17, 15) is 10.4 Å². The standard InChI is InChI=1S/C28H37NO4/c1-24(2,3)25(4,30)20-14-26-11-12-28(20,32-6)23-27(26)10-9-17(15-29)18(26)13-16-7-8-19(31-5)22(33-23)21(16)27/h7-8,17-18,20,23,30H,9-14H2,1-6H3. The van der Waals surface area contributed by atoms with Crippen molar-refractivity contribution in [2.75, 3.05) is 14.2 Å². The van der Waals surface area contributed by atoms with E-state index in [2.05, 4.69) is 32.9 Å². The summed E-state index contributed by atoms with van der Waals surface area (Å²) in [4.78, 5) is 0. The molecule has 7 rings (SSSR count). The summed E-state index contributed by atoms with van der Waals surface area (Å²) in [6.45, 7) is 8.36. The third-order valence-corrected chi connectivity index (χ3v) is 11.2. The van der Waals surface area contributed by atoms with Crippen molar-refractivity contribution >= 4 is 0 Å². The highest BCUT2D eigenvalue weighted by atomic mass is 16.6. The molecule has 8 atom stereocenters. The number of methoxy groups -OCH3 is 2. The van der Waals surface area contributed by atoms with Gasteiger partial charge in [-0.05, 0) is 73.8 Å². The second-order valence-corrected chi connectivity index (χ2v) is 12.7. The van der Waals surface area contributed by atoms with E-state index in [-0.39, 0.29) is 40.1 Å². The van der Waals surface area contributed by atoms with E-state index >= 15 is 0 Å². The van der Waals surface area contributed by atoms with Crippen LogP contribution in [0.2, 0.25) is 0 Å². The molecule has 1 aromatic carbocycles. The van der Waals surface area contributed by atoms with Crippen molar-refractivity contribution in [1.29, 1.82) is 5.26 Å². The minimum Gasteiger partial charge on any atom is -0.493 e. The molecular formula is C28H37NO4. The molecule has 5 nitrogen and oxygen atoms in total. The zero-order valence-corrected chi connectivity index (χ0v) is 20.8. The maximum atomic E-state index is 12.1. The number of nitriles is 1. The molecule has 4 fully saturated rings. The molecule has 1 N–H and O–H groups in total. The Balaban J connectivity index is 1.66. The lowest BCUT2D eigenvalue weighted by Gasteiger charge is -2.75. The molecule has 1 aliphatic heterocycles. The molecule has 5 aliphatic carbocycles. The molecule has 4 saturated carbocycles. The number of rotatable bonds is 3. The predicted octanol–water partition coefficient (Wildman–Crippen LogP) is 4.78. The van der Waals surface area contributed by atoms with Gasteiger partial charge in [-0.1, -0.05) is 26.8 Å². The highest BCUT2D eigenvalue weighted by Crippen LogP contribution is 2.80. The fraction of sp³-hybridized carbons (Fsp3) is 0.750. The highest BCUT2D eigenvalue weighted by molar-refractivity contribution is 5.63. The van der Waals surface area contributed by atoms with Gasteiger partial charge < -0.3 is 19.3 Å². The smallest absolute Gasteiger partial charge is 0.165 e. The summed E-state index contributed by atoms with van der Waals surface area (Å²) in [6, 6.07) is 6.93. The molecule has 0 aromatic heterocycles. The predicted molar refractivity (Wildman–Crippen MR) is 124 cm³/mol. The Kier molecular flexibility index (Phi) is 4.12. The van der Waals surface area contributed by atoms with Gasteiger partial charge in [-0.15, -0.1) is 0 Å². The van der Waals surface area contributed by atoms with Crippen molar-refractivity contribution in [3.8, 4) is 17.6 Å². The van der Waals surface area contributed by atoms with Crippen LogP contribution in [-0.2, 0) is 16.6 Å². The molecule has 0 amide bonds. The minimum absolute atomic E-state index is 0.0453. The van der Waals surface area contributed by atoms with E-state index in [0.717, 1.165) is 50.0 Å². The van der Waals surface area contributed by atoms with Gasteiger partial charge in [-0.25, -0.2) is 0 Å². The fourth-order valence-electron chi connectivity index (χ4n) is 9.29. The van der Waals surface area contributed by atoms with Gasteiger partial charge in [0.15, 0.2) is 11.5 Å². The Morgan fingerprint density at radius 3 is 2.55 bits per heavy atom.